The van der Waals surface area contributed by atoms with Crippen LogP contribution in [-0.2, 0) is 6.42 Å². The number of aromatic hydroxyl groups is 2. The predicted octanol–water partition coefficient (Wildman–Crippen LogP) is 7.62. The van der Waals surface area contributed by atoms with Gasteiger partial charge in [0, 0.05) is 28.6 Å². The smallest absolute Gasteiger partial charge is 0.339 e. The predicted molar refractivity (Wildman–Crippen MR) is 192 cm³/mol. The van der Waals surface area contributed by atoms with Gasteiger partial charge in [-0.2, -0.15) is 0 Å². The molecular formula is C40H40N2O7. The van der Waals surface area contributed by atoms with Crippen LogP contribution in [0.5, 0.6) is 11.5 Å². The lowest BCUT2D eigenvalue weighted by Crippen LogP contribution is -2.31. The Labute approximate surface area is 284 Å². The Hall–Kier alpha value is -5.51. The zero-order valence-electron chi connectivity index (χ0n) is 27.9. The number of aliphatic hydroxyl groups is 1. The lowest BCUT2D eigenvalue weighted by molar-refractivity contribution is 0.0682. The second-order valence-corrected chi connectivity index (χ2v) is 12.0. The number of phenols is 2. The van der Waals surface area contributed by atoms with Gasteiger partial charge in [0.25, 0.3) is 0 Å². The summed E-state index contributed by atoms with van der Waals surface area (Å²) >= 11 is 0. The quantitative estimate of drug-likeness (QED) is 0.105. The zero-order valence-corrected chi connectivity index (χ0v) is 27.9. The molecule has 49 heavy (non-hydrogen) atoms. The van der Waals surface area contributed by atoms with Gasteiger partial charge in [-0.15, -0.1) is 0 Å². The fourth-order valence-corrected chi connectivity index (χ4v) is 6.45. The van der Waals surface area contributed by atoms with Crippen LogP contribution in [0.4, 0.5) is 0 Å². The summed E-state index contributed by atoms with van der Waals surface area (Å²) in [6.45, 7) is 10.3. The van der Waals surface area contributed by atoms with E-state index in [1.165, 1.54) is 17.7 Å². The second kappa shape index (κ2) is 14.7. The average molecular weight is 661 g/mol. The number of hydrogen-bond donors (Lipinski definition) is 5. The first-order valence-electron chi connectivity index (χ1n) is 16.2. The Morgan fingerprint density at radius 3 is 1.67 bits per heavy atom. The van der Waals surface area contributed by atoms with Crippen molar-refractivity contribution in [3.63, 3.8) is 0 Å². The largest absolute Gasteiger partial charge is 0.507 e. The number of carbonyl (C=O) groups is 2. The minimum Gasteiger partial charge on any atom is -0.507 e. The Morgan fingerprint density at radius 2 is 1.20 bits per heavy atom. The molecule has 0 aliphatic rings. The summed E-state index contributed by atoms with van der Waals surface area (Å²) in [6, 6.07) is 25.2. The molecule has 6 aromatic rings. The zero-order chi connectivity index (χ0) is 35.4. The summed E-state index contributed by atoms with van der Waals surface area (Å²) in [7, 11) is 0. The number of aryl methyl sites for hydroxylation is 2. The number of aromatic nitrogens is 1. The molecule has 0 fully saturated rings. The van der Waals surface area contributed by atoms with Crippen LogP contribution in [-0.4, -0.2) is 67.1 Å². The summed E-state index contributed by atoms with van der Waals surface area (Å²) in [5.41, 5.74) is 4.51. The first-order chi connectivity index (χ1) is 23.5. The third kappa shape index (κ3) is 6.90. The molecule has 5 aromatic carbocycles. The van der Waals surface area contributed by atoms with Gasteiger partial charge in [-0.3, -0.25) is 9.88 Å². The van der Waals surface area contributed by atoms with Crippen LogP contribution in [0.1, 0.15) is 68.6 Å². The van der Waals surface area contributed by atoms with E-state index < -0.39 is 23.4 Å². The molecule has 0 saturated heterocycles. The highest BCUT2D eigenvalue weighted by Gasteiger charge is 2.23. The summed E-state index contributed by atoms with van der Waals surface area (Å²) in [5.74, 6) is -3.36. The number of carboxylic acid groups (broad SMARTS) is 2. The molecule has 0 amide bonds. The molecule has 1 aromatic heterocycles. The molecule has 9 heteroatoms. The molecule has 5 N–H and O–H groups in total. The van der Waals surface area contributed by atoms with E-state index in [4.69, 9.17) is 4.98 Å². The number of pyridine rings is 1. The van der Waals surface area contributed by atoms with E-state index in [1.54, 1.807) is 48.5 Å². The third-order valence-electron chi connectivity index (χ3n) is 9.17. The van der Waals surface area contributed by atoms with Crippen molar-refractivity contribution in [3.8, 4) is 11.5 Å². The minimum atomic E-state index is -1.28. The number of fused-ring (bicyclic) bond motifs is 3. The van der Waals surface area contributed by atoms with Crippen LogP contribution in [0, 0.1) is 13.8 Å². The van der Waals surface area contributed by atoms with Gasteiger partial charge in [0.05, 0.1) is 18.2 Å². The molecule has 0 radical (unpaired) electrons. The fourth-order valence-electron chi connectivity index (χ4n) is 6.45. The molecule has 0 bridgehead atoms. The fraction of sp³-hybridized carbons (Fsp3) is 0.225. The molecule has 0 saturated carbocycles. The van der Waals surface area contributed by atoms with Crippen molar-refractivity contribution >= 4 is 44.4 Å². The highest BCUT2D eigenvalue weighted by atomic mass is 16.4. The van der Waals surface area contributed by atoms with Crippen molar-refractivity contribution in [2.24, 2.45) is 0 Å². The van der Waals surface area contributed by atoms with Crippen LogP contribution in [0.25, 0.3) is 32.4 Å². The third-order valence-corrected chi connectivity index (χ3v) is 9.17. The highest BCUT2D eigenvalue weighted by molar-refractivity contribution is 6.02. The van der Waals surface area contributed by atoms with Crippen molar-refractivity contribution < 1.29 is 35.1 Å². The molecule has 9 nitrogen and oxygen atoms in total. The van der Waals surface area contributed by atoms with Gasteiger partial charge in [0.15, 0.2) is 0 Å². The highest BCUT2D eigenvalue weighted by Crippen LogP contribution is 2.39. The summed E-state index contributed by atoms with van der Waals surface area (Å²) < 4.78 is 0. The molecule has 1 heterocycles. The summed E-state index contributed by atoms with van der Waals surface area (Å²) in [6.07, 6.45) is -0.0407. The van der Waals surface area contributed by atoms with E-state index in [1.807, 2.05) is 6.92 Å². The maximum absolute atomic E-state index is 11.6. The Morgan fingerprint density at radius 1 is 0.714 bits per heavy atom. The minimum absolute atomic E-state index is 0.0170. The molecule has 1 atom stereocenters. The Balaban J connectivity index is 0.000000205. The summed E-state index contributed by atoms with van der Waals surface area (Å²) in [5, 5.41) is 53.8. The Bertz CT molecular complexity index is 2090. The average Bonchev–Trinajstić information content (AvgIpc) is 3.09. The standard InChI is InChI=1S/C23H16O6.C17H24N2O/c24-20-16(14-7-3-1-5-12(14)9-18(20)22(26)27)11-17-15-8-4-2-6-13(15)10-19(21(17)25)23(28)29;1-5-19(6-2)16(11-20)15-9-7-8-14-10-12(3)13(4)18-17(14)15/h1-10,24-25H,11H2,(H,26,27)(H,28,29);7-10,16,20H,5-6,11H2,1-4H3. The van der Waals surface area contributed by atoms with Gasteiger partial charge in [-0.1, -0.05) is 80.6 Å². The van der Waals surface area contributed by atoms with Gasteiger partial charge < -0.3 is 25.5 Å². The number of aliphatic hydroxyl groups excluding tert-OH is 1. The number of nitrogens with zero attached hydrogens (tertiary/aromatic N) is 2. The van der Waals surface area contributed by atoms with E-state index in [0.29, 0.717) is 32.7 Å². The van der Waals surface area contributed by atoms with Gasteiger partial charge in [0.1, 0.15) is 22.6 Å². The van der Waals surface area contributed by atoms with Gasteiger partial charge >= 0.3 is 11.9 Å². The number of para-hydroxylation sites is 1. The van der Waals surface area contributed by atoms with E-state index >= 15 is 0 Å². The normalized spacial score (nSPS) is 11.9. The maximum Gasteiger partial charge on any atom is 0.339 e. The number of likely N-dealkylation sites (N-methyl/N-ethyl adjacent to an activating group) is 1. The maximum atomic E-state index is 11.6. The molecular weight excluding hydrogens is 620 g/mol. The molecule has 0 spiro atoms. The van der Waals surface area contributed by atoms with Gasteiger partial charge in [-0.25, -0.2) is 9.59 Å². The number of carboxylic acids is 2. The molecule has 0 aliphatic heterocycles. The van der Waals surface area contributed by atoms with Crippen molar-refractivity contribution in [1.82, 2.24) is 9.88 Å². The monoisotopic (exact) mass is 660 g/mol. The van der Waals surface area contributed by atoms with E-state index in [2.05, 4.69) is 49.9 Å². The molecule has 0 aliphatic carbocycles. The van der Waals surface area contributed by atoms with E-state index in [-0.39, 0.29) is 30.2 Å². The number of aromatic carboxylic acids is 2. The first kappa shape index (κ1) is 34.8. The van der Waals surface area contributed by atoms with Gasteiger partial charge in [-0.05, 0) is 77.8 Å². The SMILES string of the molecule is CCN(CC)C(CO)c1cccc2cc(C)c(C)nc12.O=C(O)c1cc2ccccc2c(Cc2c(O)c(C(=O)O)cc3ccccc23)c1O. The van der Waals surface area contributed by atoms with Crippen molar-refractivity contribution in [1.29, 1.82) is 0 Å². The second-order valence-electron chi connectivity index (χ2n) is 12.0. The number of hydrogen-bond acceptors (Lipinski definition) is 7. The molecule has 1 unspecified atom stereocenters. The number of benzene rings is 5. The van der Waals surface area contributed by atoms with Crippen molar-refractivity contribution in [2.75, 3.05) is 19.7 Å². The summed E-state index contributed by atoms with van der Waals surface area (Å²) in [4.78, 5) is 30.2. The van der Waals surface area contributed by atoms with Crippen LogP contribution in [0.3, 0.4) is 0 Å². The van der Waals surface area contributed by atoms with Crippen molar-refractivity contribution in [2.45, 2.75) is 40.2 Å². The van der Waals surface area contributed by atoms with Crippen LogP contribution in [0.2, 0.25) is 0 Å². The lowest BCUT2D eigenvalue weighted by atomic mass is 9.90. The lowest BCUT2D eigenvalue weighted by Gasteiger charge is -2.29. The van der Waals surface area contributed by atoms with E-state index in [0.717, 1.165) is 35.2 Å². The Kier molecular flexibility index (Phi) is 10.5. The first-order valence-corrected chi connectivity index (χ1v) is 16.2. The van der Waals surface area contributed by atoms with Crippen LogP contribution in [0.15, 0.2) is 84.9 Å². The van der Waals surface area contributed by atoms with Crippen LogP contribution >= 0.6 is 0 Å². The molecule has 6 rings (SSSR count). The molecule has 252 valence electrons. The topological polar surface area (TPSA) is 151 Å². The van der Waals surface area contributed by atoms with Gasteiger partial charge in [0.2, 0.25) is 0 Å². The van der Waals surface area contributed by atoms with Crippen molar-refractivity contribution in [3.05, 3.63) is 124 Å². The van der Waals surface area contributed by atoms with E-state index in [9.17, 15) is 35.1 Å². The number of rotatable bonds is 9. The van der Waals surface area contributed by atoms with Crippen LogP contribution < -0.4 is 0 Å².